The molecule has 1 heterocycles. The van der Waals surface area contributed by atoms with Crippen LogP contribution in [0.25, 0.3) is 0 Å². The summed E-state index contributed by atoms with van der Waals surface area (Å²) in [5.74, 6) is -0.538. The summed E-state index contributed by atoms with van der Waals surface area (Å²) in [5.41, 5.74) is 0.660. The Kier molecular flexibility index (Phi) is 7.24. The standard InChI is InChI=1S/C21H32FN3O3/c1-3-11-28-18-6-4-5-17(13-18)24-9-7-16(8-10-24)23-20-12-15(2)19(22)14-21(20)25(26)27/h12,14,16-18,23H,3-11,13H2,1-2H3/t17-,18+/m0/s1. The van der Waals surface area contributed by atoms with Crippen molar-refractivity contribution in [3.8, 4) is 0 Å². The van der Waals surface area contributed by atoms with Crippen LogP contribution in [0.5, 0.6) is 0 Å². The van der Waals surface area contributed by atoms with Crippen LogP contribution in [0.3, 0.4) is 0 Å². The lowest BCUT2D eigenvalue weighted by atomic mass is 9.90. The highest BCUT2D eigenvalue weighted by molar-refractivity contribution is 5.63. The molecule has 156 valence electrons. The predicted octanol–water partition coefficient (Wildman–Crippen LogP) is 4.66. The number of nitrogens with zero attached hydrogens (tertiary/aromatic N) is 2. The number of aryl methyl sites for hydroxylation is 1. The summed E-state index contributed by atoms with van der Waals surface area (Å²) in [6, 6.07) is 3.33. The van der Waals surface area contributed by atoms with Gasteiger partial charge in [0, 0.05) is 31.8 Å². The van der Waals surface area contributed by atoms with Crippen molar-refractivity contribution in [1.29, 1.82) is 0 Å². The minimum Gasteiger partial charge on any atom is -0.378 e. The second-order valence-corrected chi connectivity index (χ2v) is 8.14. The Bertz CT molecular complexity index is 677. The minimum atomic E-state index is -0.538. The first-order valence-electron chi connectivity index (χ1n) is 10.5. The maximum atomic E-state index is 13.7. The summed E-state index contributed by atoms with van der Waals surface area (Å²) in [7, 11) is 0. The van der Waals surface area contributed by atoms with E-state index in [1.54, 1.807) is 13.0 Å². The van der Waals surface area contributed by atoms with E-state index in [0.717, 1.165) is 51.4 Å². The van der Waals surface area contributed by atoms with Gasteiger partial charge in [-0.15, -0.1) is 0 Å². The number of benzene rings is 1. The zero-order valence-electron chi connectivity index (χ0n) is 17.0. The Morgan fingerprint density at radius 2 is 2.04 bits per heavy atom. The molecule has 1 aromatic carbocycles. The van der Waals surface area contributed by atoms with Gasteiger partial charge in [-0.3, -0.25) is 10.1 Å². The van der Waals surface area contributed by atoms with Crippen LogP contribution in [-0.4, -0.2) is 47.7 Å². The molecule has 0 bridgehead atoms. The number of hydrogen-bond donors (Lipinski definition) is 1. The molecule has 6 nitrogen and oxygen atoms in total. The van der Waals surface area contributed by atoms with E-state index >= 15 is 0 Å². The second-order valence-electron chi connectivity index (χ2n) is 8.14. The predicted molar refractivity (Wildman–Crippen MR) is 108 cm³/mol. The first-order valence-corrected chi connectivity index (χ1v) is 10.5. The Morgan fingerprint density at radius 1 is 1.29 bits per heavy atom. The van der Waals surface area contributed by atoms with Crippen LogP contribution >= 0.6 is 0 Å². The van der Waals surface area contributed by atoms with E-state index < -0.39 is 10.7 Å². The molecule has 0 amide bonds. The Hall–Kier alpha value is -1.73. The Balaban J connectivity index is 1.55. The molecule has 3 rings (SSSR count). The Morgan fingerprint density at radius 3 is 2.71 bits per heavy atom. The van der Waals surface area contributed by atoms with E-state index in [2.05, 4.69) is 17.1 Å². The van der Waals surface area contributed by atoms with Crippen LogP contribution < -0.4 is 5.32 Å². The molecular formula is C21H32FN3O3. The molecule has 1 aliphatic heterocycles. The molecule has 1 aliphatic carbocycles. The lowest BCUT2D eigenvalue weighted by Crippen LogP contribution is -2.47. The fourth-order valence-electron chi connectivity index (χ4n) is 4.45. The summed E-state index contributed by atoms with van der Waals surface area (Å²) >= 11 is 0. The van der Waals surface area contributed by atoms with Gasteiger partial charge in [0.25, 0.3) is 5.69 Å². The molecular weight excluding hydrogens is 361 g/mol. The normalized spacial score (nSPS) is 24.2. The van der Waals surface area contributed by atoms with Gasteiger partial charge in [0.1, 0.15) is 11.5 Å². The molecule has 1 aromatic rings. The van der Waals surface area contributed by atoms with Crippen molar-refractivity contribution in [1.82, 2.24) is 4.90 Å². The first-order chi connectivity index (χ1) is 13.5. The van der Waals surface area contributed by atoms with Crippen molar-refractivity contribution >= 4 is 11.4 Å². The third kappa shape index (κ3) is 5.20. The van der Waals surface area contributed by atoms with Gasteiger partial charge in [0.15, 0.2) is 0 Å². The molecule has 28 heavy (non-hydrogen) atoms. The zero-order valence-corrected chi connectivity index (χ0v) is 17.0. The molecule has 7 heteroatoms. The molecule has 2 atom stereocenters. The number of likely N-dealkylation sites (tertiary alicyclic amines) is 1. The van der Waals surface area contributed by atoms with E-state index in [1.807, 2.05) is 0 Å². The third-order valence-corrected chi connectivity index (χ3v) is 6.04. The topological polar surface area (TPSA) is 67.6 Å². The van der Waals surface area contributed by atoms with E-state index in [-0.39, 0.29) is 11.7 Å². The molecule has 0 radical (unpaired) electrons. The lowest BCUT2D eigenvalue weighted by Gasteiger charge is -2.41. The number of ether oxygens (including phenoxy) is 1. The van der Waals surface area contributed by atoms with Crippen LogP contribution in [0, 0.1) is 22.9 Å². The van der Waals surface area contributed by atoms with Crippen LogP contribution in [0.4, 0.5) is 15.8 Å². The number of anilines is 1. The average molecular weight is 394 g/mol. The highest BCUT2D eigenvalue weighted by atomic mass is 19.1. The van der Waals surface area contributed by atoms with Crippen LogP contribution in [0.2, 0.25) is 0 Å². The number of hydrogen-bond acceptors (Lipinski definition) is 5. The maximum Gasteiger partial charge on any atom is 0.295 e. The van der Waals surface area contributed by atoms with Gasteiger partial charge in [-0.25, -0.2) is 4.39 Å². The van der Waals surface area contributed by atoms with Gasteiger partial charge in [0.05, 0.1) is 17.1 Å². The summed E-state index contributed by atoms with van der Waals surface area (Å²) < 4.78 is 19.7. The zero-order chi connectivity index (χ0) is 20.1. The molecule has 0 unspecified atom stereocenters. The fraction of sp³-hybridized carbons (Fsp3) is 0.714. The van der Waals surface area contributed by atoms with Crippen LogP contribution in [0.1, 0.15) is 57.4 Å². The van der Waals surface area contributed by atoms with Crippen molar-refractivity contribution in [2.45, 2.75) is 77.0 Å². The van der Waals surface area contributed by atoms with Gasteiger partial charge >= 0.3 is 0 Å². The number of piperidine rings is 1. The first kappa shape index (κ1) is 21.0. The molecule has 0 aromatic heterocycles. The molecule has 2 fully saturated rings. The summed E-state index contributed by atoms with van der Waals surface area (Å²) in [6.07, 6.45) is 8.05. The minimum absolute atomic E-state index is 0.176. The number of halogens is 1. The molecule has 1 saturated carbocycles. The number of nitro benzene ring substituents is 1. The molecule has 1 saturated heterocycles. The fourth-order valence-corrected chi connectivity index (χ4v) is 4.45. The highest BCUT2D eigenvalue weighted by Crippen LogP contribution is 2.31. The third-order valence-electron chi connectivity index (χ3n) is 6.04. The molecule has 1 N–H and O–H groups in total. The van der Waals surface area contributed by atoms with E-state index in [4.69, 9.17) is 4.74 Å². The highest BCUT2D eigenvalue weighted by Gasteiger charge is 2.30. The second kappa shape index (κ2) is 9.65. The summed E-state index contributed by atoms with van der Waals surface area (Å²) in [5, 5.41) is 14.6. The quantitative estimate of drug-likeness (QED) is 0.539. The average Bonchev–Trinajstić information content (AvgIpc) is 2.69. The maximum absolute atomic E-state index is 13.7. The largest absolute Gasteiger partial charge is 0.378 e. The van der Waals surface area contributed by atoms with Gasteiger partial charge in [-0.2, -0.15) is 0 Å². The Labute approximate surface area is 166 Å². The molecule has 2 aliphatic rings. The molecule has 0 spiro atoms. The lowest BCUT2D eigenvalue weighted by molar-refractivity contribution is -0.384. The number of rotatable bonds is 7. The van der Waals surface area contributed by atoms with Crippen molar-refractivity contribution in [2.75, 3.05) is 25.0 Å². The van der Waals surface area contributed by atoms with E-state index in [0.29, 0.717) is 23.4 Å². The van der Waals surface area contributed by atoms with Crippen LogP contribution in [-0.2, 0) is 4.74 Å². The van der Waals surface area contributed by atoms with Gasteiger partial charge in [-0.1, -0.05) is 6.92 Å². The van der Waals surface area contributed by atoms with Crippen molar-refractivity contribution in [2.24, 2.45) is 0 Å². The number of nitrogens with one attached hydrogen (secondary N) is 1. The van der Waals surface area contributed by atoms with Crippen molar-refractivity contribution in [3.63, 3.8) is 0 Å². The van der Waals surface area contributed by atoms with Crippen molar-refractivity contribution < 1.29 is 14.1 Å². The van der Waals surface area contributed by atoms with Crippen LogP contribution in [0.15, 0.2) is 12.1 Å². The SMILES string of the molecule is CCCO[C@@H]1CCC[C@H](N2CCC(Nc3cc(C)c(F)cc3[N+](=O)[O-])CC2)C1. The number of nitro groups is 1. The van der Waals surface area contributed by atoms with Crippen molar-refractivity contribution in [3.05, 3.63) is 33.6 Å². The van der Waals surface area contributed by atoms with Gasteiger partial charge in [0.2, 0.25) is 0 Å². The van der Waals surface area contributed by atoms with E-state index in [1.165, 1.54) is 19.3 Å². The van der Waals surface area contributed by atoms with Gasteiger partial charge in [-0.05, 0) is 63.5 Å². The van der Waals surface area contributed by atoms with Gasteiger partial charge < -0.3 is 15.0 Å². The monoisotopic (exact) mass is 393 g/mol. The smallest absolute Gasteiger partial charge is 0.295 e. The summed E-state index contributed by atoms with van der Waals surface area (Å²) in [6.45, 7) is 6.59. The van der Waals surface area contributed by atoms with E-state index in [9.17, 15) is 14.5 Å². The summed E-state index contributed by atoms with van der Waals surface area (Å²) in [4.78, 5) is 13.3.